The molecule has 7 heteroatoms. The van der Waals surface area contributed by atoms with E-state index in [-0.39, 0.29) is 0 Å². The molecule has 5 aromatic rings. The number of hydrogen-bond acceptors (Lipinski definition) is 6. The second-order valence-electron chi connectivity index (χ2n) is 7.92. The SMILES string of the molecule is Cc1ccc(-c2cc(Nc3c(C#N)cnn3-c3cc(C)c4ccccc4n3)nc(C)n2)cc1. The van der Waals surface area contributed by atoms with Crippen molar-refractivity contribution in [2.24, 2.45) is 0 Å². The molecule has 0 amide bonds. The van der Waals surface area contributed by atoms with E-state index in [1.54, 1.807) is 4.68 Å². The zero-order chi connectivity index (χ0) is 22.9. The average molecular weight is 432 g/mol. The standard InChI is InChI=1S/C26H21N7/c1-16-8-10-19(11-9-16)23-13-24(30-18(3)29-23)32-26-20(14-27)15-28-33(26)25-12-17(2)21-6-4-5-7-22(21)31-25/h4-13,15H,1-3H3,(H,29,30,32). The first-order valence-electron chi connectivity index (χ1n) is 10.6. The van der Waals surface area contributed by atoms with E-state index >= 15 is 0 Å². The molecule has 33 heavy (non-hydrogen) atoms. The lowest BCUT2D eigenvalue weighted by Gasteiger charge is -2.12. The summed E-state index contributed by atoms with van der Waals surface area (Å²) in [6.07, 6.45) is 1.53. The Morgan fingerprint density at radius 1 is 0.909 bits per heavy atom. The zero-order valence-electron chi connectivity index (χ0n) is 18.5. The number of nitriles is 1. The second kappa shape index (κ2) is 8.17. The minimum Gasteiger partial charge on any atom is -0.324 e. The molecule has 0 saturated heterocycles. The Morgan fingerprint density at radius 3 is 2.48 bits per heavy atom. The molecule has 0 unspecified atom stereocenters. The van der Waals surface area contributed by atoms with Gasteiger partial charge in [0.1, 0.15) is 23.3 Å². The van der Waals surface area contributed by atoms with Gasteiger partial charge in [0.05, 0.1) is 17.4 Å². The number of pyridine rings is 1. The van der Waals surface area contributed by atoms with Crippen molar-refractivity contribution in [3.8, 4) is 23.1 Å². The van der Waals surface area contributed by atoms with Gasteiger partial charge in [-0.2, -0.15) is 15.0 Å². The Kier molecular flexibility index (Phi) is 5.04. The van der Waals surface area contributed by atoms with Crippen molar-refractivity contribution < 1.29 is 0 Å². The van der Waals surface area contributed by atoms with Crippen LogP contribution >= 0.6 is 0 Å². The molecule has 0 saturated carbocycles. The number of para-hydroxylation sites is 1. The van der Waals surface area contributed by atoms with Crippen LogP contribution in [0.2, 0.25) is 0 Å². The summed E-state index contributed by atoms with van der Waals surface area (Å²) in [5.74, 6) is 2.33. The van der Waals surface area contributed by atoms with E-state index in [9.17, 15) is 5.26 Å². The van der Waals surface area contributed by atoms with Gasteiger partial charge in [-0.3, -0.25) is 0 Å². The summed E-state index contributed by atoms with van der Waals surface area (Å²) in [5.41, 5.74) is 5.32. The molecule has 3 aromatic heterocycles. The Morgan fingerprint density at radius 2 is 1.70 bits per heavy atom. The van der Waals surface area contributed by atoms with Crippen molar-refractivity contribution in [3.63, 3.8) is 0 Å². The molecule has 0 spiro atoms. The van der Waals surface area contributed by atoms with Gasteiger partial charge < -0.3 is 5.32 Å². The van der Waals surface area contributed by atoms with Gasteiger partial charge in [-0.1, -0.05) is 48.0 Å². The first-order chi connectivity index (χ1) is 16.0. The number of aromatic nitrogens is 5. The lowest BCUT2D eigenvalue weighted by Crippen LogP contribution is -2.07. The van der Waals surface area contributed by atoms with Gasteiger partial charge in [0.2, 0.25) is 0 Å². The lowest BCUT2D eigenvalue weighted by atomic mass is 10.1. The highest BCUT2D eigenvalue weighted by Crippen LogP contribution is 2.27. The molecule has 5 rings (SSSR count). The maximum Gasteiger partial charge on any atom is 0.156 e. The molecule has 0 aliphatic heterocycles. The van der Waals surface area contributed by atoms with E-state index in [0.29, 0.717) is 28.8 Å². The van der Waals surface area contributed by atoms with Crippen LogP contribution < -0.4 is 5.32 Å². The molecular formula is C26H21N7. The fourth-order valence-electron chi connectivity index (χ4n) is 3.79. The normalized spacial score (nSPS) is 10.8. The van der Waals surface area contributed by atoms with Crippen LogP contribution in [0.1, 0.15) is 22.5 Å². The summed E-state index contributed by atoms with van der Waals surface area (Å²) < 4.78 is 1.64. The highest BCUT2D eigenvalue weighted by molar-refractivity contribution is 5.83. The van der Waals surface area contributed by atoms with Crippen molar-refractivity contribution in [2.75, 3.05) is 5.32 Å². The summed E-state index contributed by atoms with van der Waals surface area (Å²) in [5, 5.41) is 18.5. The smallest absolute Gasteiger partial charge is 0.156 e. The molecule has 0 aliphatic carbocycles. The largest absolute Gasteiger partial charge is 0.324 e. The number of hydrogen-bond donors (Lipinski definition) is 1. The molecule has 0 aliphatic rings. The molecule has 0 radical (unpaired) electrons. The van der Waals surface area contributed by atoms with Crippen molar-refractivity contribution in [1.29, 1.82) is 5.26 Å². The van der Waals surface area contributed by atoms with Gasteiger partial charge in [0.15, 0.2) is 11.6 Å². The van der Waals surface area contributed by atoms with Crippen LogP contribution in [0.4, 0.5) is 11.6 Å². The van der Waals surface area contributed by atoms with Gasteiger partial charge in [0.25, 0.3) is 0 Å². The molecular weight excluding hydrogens is 410 g/mol. The van der Waals surface area contributed by atoms with Crippen LogP contribution in [-0.4, -0.2) is 24.7 Å². The highest BCUT2D eigenvalue weighted by atomic mass is 15.4. The van der Waals surface area contributed by atoms with Gasteiger partial charge in [0, 0.05) is 17.0 Å². The van der Waals surface area contributed by atoms with Crippen molar-refractivity contribution >= 4 is 22.5 Å². The predicted molar refractivity (Wildman–Crippen MR) is 129 cm³/mol. The van der Waals surface area contributed by atoms with Crippen LogP contribution in [0.5, 0.6) is 0 Å². The van der Waals surface area contributed by atoms with E-state index in [4.69, 9.17) is 4.98 Å². The number of fused-ring (bicyclic) bond motifs is 1. The Hall–Kier alpha value is -4.57. The third-order valence-electron chi connectivity index (χ3n) is 5.45. The fraction of sp³-hybridized carbons (Fsp3) is 0.115. The number of benzene rings is 2. The topological polar surface area (TPSA) is 92.3 Å². The second-order valence-corrected chi connectivity index (χ2v) is 7.92. The number of nitrogens with zero attached hydrogens (tertiary/aromatic N) is 6. The number of anilines is 2. The third-order valence-corrected chi connectivity index (χ3v) is 5.45. The molecule has 0 atom stereocenters. The monoisotopic (exact) mass is 431 g/mol. The van der Waals surface area contributed by atoms with Crippen LogP contribution in [0.25, 0.3) is 28.0 Å². The number of aryl methyl sites for hydroxylation is 3. The Bertz CT molecular complexity index is 1530. The van der Waals surface area contributed by atoms with E-state index in [1.807, 2.05) is 62.4 Å². The summed E-state index contributed by atoms with van der Waals surface area (Å²) >= 11 is 0. The number of nitrogens with one attached hydrogen (secondary N) is 1. The molecule has 7 nitrogen and oxygen atoms in total. The zero-order valence-corrected chi connectivity index (χ0v) is 18.5. The molecule has 0 bridgehead atoms. The van der Waals surface area contributed by atoms with Crippen molar-refractivity contribution in [2.45, 2.75) is 20.8 Å². The summed E-state index contributed by atoms with van der Waals surface area (Å²) in [4.78, 5) is 13.9. The van der Waals surface area contributed by atoms with E-state index in [0.717, 1.165) is 27.7 Å². The van der Waals surface area contributed by atoms with Gasteiger partial charge in [-0.05, 0) is 38.5 Å². The minimum absolute atomic E-state index is 0.399. The maximum atomic E-state index is 9.70. The maximum absolute atomic E-state index is 9.70. The van der Waals surface area contributed by atoms with E-state index in [2.05, 4.69) is 45.5 Å². The average Bonchev–Trinajstić information content (AvgIpc) is 3.21. The van der Waals surface area contributed by atoms with Gasteiger partial charge in [-0.15, -0.1) is 0 Å². The molecule has 1 N–H and O–H groups in total. The Balaban J connectivity index is 1.59. The van der Waals surface area contributed by atoms with Gasteiger partial charge in [-0.25, -0.2) is 15.0 Å². The van der Waals surface area contributed by atoms with Crippen molar-refractivity contribution in [3.05, 3.63) is 89.4 Å². The minimum atomic E-state index is 0.399. The predicted octanol–water partition coefficient (Wildman–Crippen LogP) is 5.42. The van der Waals surface area contributed by atoms with Crippen LogP contribution in [0, 0.1) is 32.1 Å². The molecule has 0 fully saturated rings. The molecule has 160 valence electrons. The third kappa shape index (κ3) is 3.90. The fourth-order valence-corrected chi connectivity index (χ4v) is 3.79. The quantitative estimate of drug-likeness (QED) is 0.409. The summed E-state index contributed by atoms with van der Waals surface area (Å²) in [7, 11) is 0. The summed E-state index contributed by atoms with van der Waals surface area (Å²) in [6, 6.07) is 22.2. The van der Waals surface area contributed by atoms with E-state index in [1.165, 1.54) is 11.8 Å². The van der Waals surface area contributed by atoms with Crippen LogP contribution in [0.3, 0.4) is 0 Å². The number of rotatable bonds is 4. The summed E-state index contributed by atoms with van der Waals surface area (Å²) in [6.45, 7) is 5.94. The molecule has 3 heterocycles. The molecule has 2 aromatic carbocycles. The lowest BCUT2D eigenvalue weighted by molar-refractivity contribution is 0.857. The highest BCUT2D eigenvalue weighted by Gasteiger charge is 2.16. The Labute approximate surface area is 191 Å². The van der Waals surface area contributed by atoms with Crippen LogP contribution in [-0.2, 0) is 0 Å². The first kappa shape index (κ1) is 20.3. The van der Waals surface area contributed by atoms with Crippen LogP contribution in [0.15, 0.2) is 66.9 Å². The first-order valence-corrected chi connectivity index (χ1v) is 10.6. The van der Waals surface area contributed by atoms with E-state index < -0.39 is 0 Å². The van der Waals surface area contributed by atoms with Gasteiger partial charge >= 0.3 is 0 Å². The van der Waals surface area contributed by atoms with Crippen molar-refractivity contribution in [1.82, 2.24) is 24.7 Å².